The van der Waals surface area contributed by atoms with E-state index in [0.29, 0.717) is 12.5 Å². The van der Waals surface area contributed by atoms with Crippen LogP contribution >= 0.6 is 0 Å². The monoisotopic (exact) mass is 375 g/mol. The Morgan fingerprint density at radius 3 is 2.68 bits per heavy atom. The molecule has 6 nitrogen and oxygen atoms in total. The van der Waals surface area contributed by atoms with Crippen molar-refractivity contribution in [2.45, 2.75) is 44.1 Å². The molecule has 1 aliphatic heterocycles. The molecule has 0 bridgehead atoms. The summed E-state index contributed by atoms with van der Waals surface area (Å²) in [5.74, 6) is 1.68. The van der Waals surface area contributed by atoms with Gasteiger partial charge >= 0.3 is 6.03 Å². The Morgan fingerprint density at radius 2 is 1.86 bits per heavy atom. The molecule has 2 aliphatic rings. The molecular weight excluding hydrogens is 350 g/mol. The van der Waals surface area contributed by atoms with Gasteiger partial charge < -0.3 is 14.8 Å². The van der Waals surface area contributed by atoms with Crippen LogP contribution in [0.15, 0.2) is 48.7 Å². The molecule has 1 saturated heterocycles. The number of imidazole rings is 1. The number of hydrogen-bond donors (Lipinski definition) is 1. The molecule has 0 unspecified atom stereocenters. The highest BCUT2D eigenvalue weighted by Gasteiger charge is 2.33. The Kier molecular flexibility index (Phi) is 4.47. The fraction of sp³-hybridized carbons (Fsp3) is 0.409. The lowest BCUT2D eigenvalue weighted by molar-refractivity contribution is 0.221. The Morgan fingerprint density at radius 1 is 1.04 bits per heavy atom. The van der Waals surface area contributed by atoms with E-state index in [4.69, 9.17) is 4.98 Å². The third-order valence-corrected chi connectivity index (χ3v) is 6.04. The van der Waals surface area contributed by atoms with Crippen molar-refractivity contribution in [2.75, 3.05) is 18.4 Å². The fourth-order valence-corrected chi connectivity index (χ4v) is 4.64. The number of likely N-dealkylation sites (tertiary alicyclic amines) is 1. The first-order valence-corrected chi connectivity index (χ1v) is 10.2. The Balaban J connectivity index is 1.40. The van der Waals surface area contributed by atoms with Gasteiger partial charge in [0.15, 0.2) is 5.65 Å². The average molecular weight is 375 g/mol. The van der Waals surface area contributed by atoms with Gasteiger partial charge in [0.2, 0.25) is 0 Å². The number of fused-ring (bicyclic) bond motifs is 1. The summed E-state index contributed by atoms with van der Waals surface area (Å²) in [6, 6.07) is 13.8. The number of aromatic nitrogens is 3. The maximum absolute atomic E-state index is 12.7. The normalized spacial score (nSPS) is 20.1. The molecule has 5 rings (SSSR count). The van der Waals surface area contributed by atoms with E-state index in [0.717, 1.165) is 29.8 Å². The maximum atomic E-state index is 12.7. The molecule has 3 aromatic rings. The molecule has 2 amide bonds. The molecule has 1 atom stereocenters. The predicted octanol–water partition coefficient (Wildman–Crippen LogP) is 4.57. The number of carbonyl (C=O) groups is 1. The number of anilines is 1. The van der Waals surface area contributed by atoms with Gasteiger partial charge in [-0.3, -0.25) is 0 Å². The summed E-state index contributed by atoms with van der Waals surface area (Å²) in [4.78, 5) is 24.2. The van der Waals surface area contributed by atoms with Gasteiger partial charge in [-0.15, -0.1) is 0 Å². The minimum absolute atomic E-state index is 0.0338. The number of benzene rings is 1. The van der Waals surface area contributed by atoms with Crippen molar-refractivity contribution in [3.63, 3.8) is 0 Å². The SMILES string of the molecule is O=C(Nc1ccccc1)N1CC[C@@H](n2c(C3CCCC3)nc3cccnc32)C1. The van der Waals surface area contributed by atoms with E-state index in [9.17, 15) is 4.79 Å². The van der Waals surface area contributed by atoms with Crippen LogP contribution in [-0.4, -0.2) is 38.6 Å². The summed E-state index contributed by atoms with van der Waals surface area (Å²) >= 11 is 0. The lowest BCUT2D eigenvalue weighted by atomic mass is 10.1. The highest BCUT2D eigenvalue weighted by atomic mass is 16.2. The van der Waals surface area contributed by atoms with E-state index in [1.54, 1.807) is 0 Å². The zero-order chi connectivity index (χ0) is 18.9. The van der Waals surface area contributed by atoms with E-state index in [1.165, 1.54) is 31.5 Å². The molecule has 2 fully saturated rings. The number of urea groups is 1. The standard InChI is InChI=1S/C22H25N5O/c28-22(24-17-9-2-1-3-10-17)26-14-12-18(15-26)27-20(16-7-4-5-8-16)25-19-11-6-13-23-21(19)27/h1-3,6,9-11,13,16,18H,4-5,7-8,12,14-15H2,(H,24,28)/t18-/m1/s1. The zero-order valence-corrected chi connectivity index (χ0v) is 15.9. The second kappa shape index (κ2) is 7.26. The quantitative estimate of drug-likeness (QED) is 0.729. The van der Waals surface area contributed by atoms with E-state index >= 15 is 0 Å². The first kappa shape index (κ1) is 17.2. The topological polar surface area (TPSA) is 63.1 Å². The molecule has 28 heavy (non-hydrogen) atoms. The van der Waals surface area contributed by atoms with Crippen LogP contribution < -0.4 is 5.32 Å². The summed E-state index contributed by atoms with van der Waals surface area (Å²) in [5.41, 5.74) is 2.76. The molecule has 0 spiro atoms. The van der Waals surface area contributed by atoms with Gasteiger partial charge in [-0.1, -0.05) is 31.0 Å². The molecule has 144 valence electrons. The number of carbonyl (C=O) groups excluding carboxylic acids is 1. The predicted molar refractivity (Wildman–Crippen MR) is 109 cm³/mol. The minimum Gasteiger partial charge on any atom is -0.322 e. The second-order valence-corrected chi connectivity index (χ2v) is 7.85. The van der Waals surface area contributed by atoms with Crippen molar-refractivity contribution in [1.29, 1.82) is 0 Å². The maximum Gasteiger partial charge on any atom is 0.321 e. The van der Waals surface area contributed by atoms with Crippen molar-refractivity contribution in [3.05, 3.63) is 54.5 Å². The van der Waals surface area contributed by atoms with Gasteiger partial charge in [0.1, 0.15) is 11.3 Å². The zero-order valence-electron chi connectivity index (χ0n) is 15.9. The lowest BCUT2D eigenvalue weighted by Crippen LogP contribution is -2.33. The summed E-state index contributed by atoms with van der Waals surface area (Å²) in [7, 11) is 0. The number of hydrogen-bond acceptors (Lipinski definition) is 3. The van der Waals surface area contributed by atoms with Crippen molar-refractivity contribution >= 4 is 22.9 Å². The summed E-state index contributed by atoms with van der Waals surface area (Å²) in [5, 5.41) is 3.00. The van der Waals surface area contributed by atoms with Gasteiger partial charge in [-0.2, -0.15) is 0 Å². The number of rotatable bonds is 3. The van der Waals surface area contributed by atoms with E-state index in [1.807, 2.05) is 53.6 Å². The highest BCUT2D eigenvalue weighted by Crippen LogP contribution is 2.38. The Labute approximate surface area is 164 Å². The molecule has 1 N–H and O–H groups in total. The molecule has 3 heterocycles. The van der Waals surface area contributed by atoms with Crippen LogP contribution in [0, 0.1) is 0 Å². The first-order chi connectivity index (χ1) is 13.8. The Hall–Kier alpha value is -2.89. The second-order valence-electron chi connectivity index (χ2n) is 7.85. The summed E-state index contributed by atoms with van der Waals surface area (Å²) < 4.78 is 2.33. The molecule has 6 heteroatoms. The van der Waals surface area contributed by atoms with Gasteiger partial charge in [-0.05, 0) is 43.5 Å². The highest BCUT2D eigenvalue weighted by molar-refractivity contribution is 5.89. The third kappa shape index (κ3) is 3.13. The van der Waals surface area contributed by atoms with Crippen LogP contribution in [0.2, 0.25) is 0 Å². The molecule has 1 aromatic carbocycles. The average Bonchev–Trinajstić information content (AvgIpc) is 3.46. The molecule has 1 aliphatic carbocycles. The van der Waals surface area contributed by atoms with E-state index in [2.05, 4.69) is 14.9 Å². The van der Waals surface area contributed by atoms with Crippen LogP contribution in [0.25, 0.3) is 11.2 Å². The van der Waals surface area contributed by atoms with Gasteiger partial charge in [-0.25, -0.2) is 14.8 Å². The molecular formula is C22H25N5O. The van der Waals surface area contributed by atoms with Crippen LogP contribution in [0.5, 0.6) is 0 Å². The fourth-order valence-electron chi connectivity index (χ4n) is 4.64. The van der Waals surface area contributed by atoms with Crippen LogP contribution in [-0.2, 0) is 0 Å². The van der Waals surface area contributed by atoms with Crippen molar-refractivity contribution < 1.29 is 4.79 Å². The number of pyridine rings is 1. The van der Waals surface area contributed by atoms with E-state index in [-0.39, 0.29) is 12.1 Å². The largest absolute Gasteiger partial charge is 0.322 e. The smallest absolute Gasteiger partial charge is 0.321 e. The van der Waals surface area contributed by atoms with Crippen LogP contribution in [0.4, 0.5) is 10.5 Å². The minimum atomic E-state index is -0.0338. The number of amides is 2. The van der Waals surface area contributed by atoms with Crippen LogP contribution in [0.1, 0.15) is 49.9 Å². The third-order valence-electron chi connectivity index (χ3n) is 6.04. The summed E-state index contributed by atoms with van der Waals surface area (Å²) in [6.45, 7) is 1.44. The van der Waals surface area contributed by atoms with Crippen molar-refractivity contribution in [1.82, 2.24) is 19.4 Å². The molecule has 0 radical (unpaired) electrons. The van der Waals surface area contributed by atoms with E-state index < -0.39 is 0 Å². The first-order valence-electron chi connectivity index (χ1n) is 10.2. The number of para-hydroxylation sites is 1. The number of nitrogens with zero attached hydrogens (tertiary/aromatic N) is 4. The van der Waals surface area contributed by atoms with Gasteiger partial charge in [0.25, 0.3) is 0 Å². The number of nitrogens with one attached hydrogen (secondary N) is 1. The molecule has 2 aromatic heterocycles. The lowest BCUT2D eigenvalue weighted by Gasteiger charge is -2.21. The van der Waals surface area contributed by atoms with Crippen LogP contribution in [0.3, 0.4) is 0 Å². The van der Waals surface area contributed by atoms with Crippen molar-refractivity contribution in [3.8, 4) is 0 Å². The Bertz CT molecular complexity index is 977. The molecule has 1 saturated carbocycles. The summed E-state index contributed by atoms with van der Waals surface area (Å²) in [6.07, 6.45) is 7.73. The van der Waals surface area contributed by atoms with Gasteiger partial charge in [0.05, 0.1) is 6.04 Å². The van der Waals surface area contributed by atoms with Gasteiger partial charge in [0, 0.05) is 30.9 Å². The van der Waals surface area contributed by atoms with Crippen molar-refractivity contribution in [2.24, 2.45) is 0 Å².